The maximum atomic E-state index is 14.1. The van der Waals surface area contributed by atoms with Crippen molar-refractivity contribution in [3.8, 4) is 11.6 Å². The normalized spacial score (nSPS) is 14.0. The van der Waals surface area contributed by atoms with Crippen molar-refractivity contribution in [2.75, 3.05) is 56.2 Å². The van der Waals surface area contributed by atoms with Crippen molar-refractivity contribution in [3.63, 3.8) is 0 Å². The predicted molar refractivity (Wildman–Crippen MR) is 177 cm³/mol. The van der Waals surface area contributed by atoms with Gasteiger partial charge >= 0.3 is 6.18 Å². The number of carbonyl (C=O) groups excluding carboxylic acids is 1. The van der Waals surface area contributed by atoms with E-state index in [9.17, 15) is 18.0 Å². The van der Waals surface area contributed by atoms with Gasteiger partial charge in [0, 0.05) is 62.9 Å². The Balaban J connectivity index is 1.37. The number of halogens is 3. The topological polar surface area (TPSA) is 118 Å². The van der Waals surface area contributed by atoms with Gasteiger partial charge in [-0.3, -0.25) is 9.69 Å². The molecule has 4 N–H and O–H groups in total. The lowest BCUT2D eigenvalue weighted by molar-refractivity contribution is -0.138. The number of alkyl halides is 3. The Labute approximate surface area is 271 Å². The summed E-state index contributed by atoms with van der Waals surface area (Å²) in [6.45, 7) is 6.88. The van der Waals surface area contributed by atoms with Crippen LogP contribution in [0, 0.1) is 19.3 Å². The molecule has 0 radical (unpaired) electrons. The fourth-order valence-corrected chi connectivity index (χ4v) is 5.13. The molecule has 4 aromatic rings. The molecule has 13 heteroatoms. The van der Waals surface area contributed by atoms with Crippen molar-refractivity contribution >= 4 is 35.3 Å². The van der Waals surface area contributed by atoms with E-state index < -0.39 is 17.6 Å². The molecule has 5 rings (SSSR count). The zero-order valence-corrected chi connectivity index (χ0v) is 26.6. The van der Waals surface area contributed by atoms with Gasteiger partial charge in [0.1, 0.15) is 11.6 Å². The van der Waals surface area contributed by atoms with Crippen LogP contribution >= 0.6 is 0 Å². The summed E-state index contributed by atoms with van der Waals surface area (Å²) in [7, 11) is 3.65. The molecule has 1 fully saturated rings. The molecule has 1 aromatic heterocycles. The summed E-state index contributed by atoms with van der Waals surface area (Å²) in [5, 5.41) is 16.6. The standard InChI is InChI=1S/C34H37F3N8O2/c1-21-5-10-25(11-6-21)41-33-42-30(39-3)27(19-38)32(43-33)47-29-17-23(8-7-22(29)2)31(46)40-26-12-9-24(28(18-26)34(35,36)37)20-45-15-13-44(4)14-16-45/h5-12,17-19,38H,13-16,20H2,1-4H3,(H,40,46)(H2,39,41,42,43). The molecule has 1 aliphatic rings. The zero-order valence-electron chi connectivity index (χ0n) is 26.6. The molecule has 2 heterocycles. The number of hydrogen-bond donors (Lipinski definition) is 4. The fourth-order valence-electron chi connectivity index (χ4n) is 5.13. The van der Waals surface area contributed by atoms with Crippen molar-refractivity contribution < 1.29 is 22.7 Å². The zero-order chi connectivity index (χ0) is 33.7. The minimum Gasteiger partial charge on any atom is -0.438 e. The van der Waals surface area contributed by atoms with Crippen molar-refractivity contribution in [2.24, 2.45) is 0 Å². The Kier molecular flexibility index (Phi) is 10.1. The summed E-state index contributed by atoms with van der Waals surface area (Å²) in [5.74, 6) is 0.314. The first-order chi connectivity index (χ1) is 22.4. The largest absolute Gasteiger partial charge is 0.438 e. The number of piperazine rings is 1. The SMILES string of the molecule is CNc1nc(Nc2ccc(C)cc2)nc(Oc2cc(C(=O)Nc3ccc(CN4CCN(C)CC4)c(C(F)(F)F)c3)ccc2C)c1C=N. The molecule has 0 unspecified atom stereocenters. The number of aromatic nitrogens is 2. The van der Waals surface area contributed by atoms with E-state index in [0.717, 1.165) is 36.6 Å². The molecule has 47 heavy (non-hydrogen) atoms. The van der Waals surface area contributed by atoms with Crippen LogP contribution in [0.15, 0.2) is 60.7 Å². The average Bonchev–Trinajstić information content (AvgIpc) is 3.04. The molecule has 0 aliphatic carbocycles. The Hall–Kier alpha value is -5.01. The maximum absolute atomic E-state index is 14.1. The second kappa shape index (κ2) is 14.2. The van der Waals surface area contributed by atoms with Gasteiger partial charge in [0.2, 0.25) is 11.8 Å². The summed E-state index contributed by atoms with van der Waals surface area (Å²) < 4.78 is 48.5. The molecule has 0 spiro atoms. The number of likely N-dealkylation sites (N-methyl/N-ethyl adjacent to an activating group) is 1. The van der Waals surface area contributed by atoms with Crippen LogP contribution in [0.3, 0.4) is 0 Å². The van der Waals surface area contributed by atoms with Crippen LogP contribution in [-0.4, -0.2) is 72.2 Å². The van der Waals surface area contributed by atoms with E-state index in [1.807, 2.05) is 43.1 Å². The molecular weight excluding hydrogens is 609 g/mol. The fraction of sp³-hybridized carbons (Fsp3) is 0.294. The number of amides is 1. The number of hydrogen-bond acceptors (Lipinski definition) is 9. The van der Waals surface area contributed by atoms with Crippen molar-refractivity contribution in [2.45, 2.75) is 26.6 Å². The van der Waals surface area contributed by atoms with Gasteiger partial charge in [-0.2, -0.15) is 23.1 Å². The first-order valence-corrected chi connectivity index (χ1v) is 15.1. The molecule has 3 aromatic carbocycles. The minimum absolute atomic E-state index is 0.0277. The molecule has 246 valence electrons. The van der Waals surface area contributed by atoms with Crippen molar-refractivity contribution in [1.82, 2.24) is 19.8 Å². The number of ether oxygens (including phenoxy) is 1. The van der Waals surface area contributed by atoms with Gasteiger partial charge in [0.05, 0.1) is 11.1 Å². The molecule has 1 aliphatic heterocycles. The van der Waals surface area contributed by atoms with Crippen LogP contribution < -0.4 is 20.7 Å². The van der Waals surface area contributed by atoms with Gasteiger partial charge in [-0.05, 0) is 68.4 Å². The summed E-state index contributed by atoms with van der Waals surface area (Å²) in [6, 6.07) is 16.3. The highest BCUT2D eigenvalue weighted by molar-refractivity contribution is 6.04. The smallest absolute Gasteiger partial charge is 0.416 e. The molecule has 1 amide bonds. The molecule has 0 atom stereocenters. The number of nitrogens with zero attached hydrogens (tertiary/aromatic N) is 4. The Morgan fingerprint density at radius 1 is 0.979 bits per heavy atom. The van der Waals surface area contributed by atoms with Crippen LogP contribution in [-0.2, 0) is 12.7 Å². The van der Waals surface area contributed by atoms with Crippen molar-refractivity contribution in [3.05, 3.63) is 94.0 Å². The maximum Gasteiger partial charge on any atom is 0.416 e. The number of aryl methyl sites for hydroxylation is 2. The van der Waals surface area contributed by atoms with Crippen LogP contribution in [0.1, 0.15) is 38.2 Å². The number of benzene rings is 3. The van der Waals surface area contributed by atoms with Crippen LogP contribution in [0.25, 0.3) is 0 Å². The first kappa shape index (κ1) is 33.4. The minimum atomic E-state index is -4.59. The molecule has 1 saturated heterocycles. The van der Waals surface area contributed by atoms with Crippen LogP contribution in [0.5, 0.6) is 11.6 Å². The summed E-state index contributed by atoms with van der Waals surface area (Å²) in [6.07, 6.45) is -3.52. The van der Waals surface area contributed by atoms with E-state index in [1.54, 1.807) is 26.1 Å². The second-order valence-corrected chi connectivity index (χ2v) is 11.5. The number of anilines is 4. The number of rotatable bonds is 10. The van der Waals surface area contributed by atoms with Gasteiger partial charge < -0.3 is 31.0 Å². The highest BCUT2D eigenvalue weighted by Crippen LogP contribution is 2.35. The lowest BCUT2D eigenvalue weighted by Crippen LogP contribution is -2.44. The number of nitrogens with one attached hydrogen (secondary N) is 4. The van der Waals surface area contributed by atoms with E-state index in [1.165, 1.54) is 18.2 Å². The monoisotopic (exact) mass is 646 g/mol. The highest BCUT2D eigenvalue weighted by Gasteiger charge is 2.34. The Morgan fingerprint density at radius 3 is 2.34 bits per heavy atom. The van der Waals surface area contributed by atoms with E-state index >= 15 is 0 Å². The Morgan fingerprint density at radius 2 is 1.68 bits per heavy atom. The quantitative estimate of drug-likeness (QED) is 0.141. The van der Waals surface area contributed by atoms with E-state index in [-0.39, 0.29) is 46.5 Å². The van der Waals surface area contributed by atoms with Crippen LogP contribution in [0.4, 0.5) is 36.3 Å². The molecule has 0 bridgehead atoms. The van der Waals surface area contributed by atoms with Gasteiger partial charge in [-0.25, -0.2) is 0 Å². The molecule has 10 nitrogen and oxygen atoms in total. The number of carbonyl (C=O) groups is 1. The third kappa shape index (κ3) is 8.23. The van der Waals surface area contributed by atoms with Gasteiger partial charge in [-0.1, -0.05) is 29.8 Å². The van der Waals surface area contributed by atoms with Crippen molar-refractivity contribution in [1.29, 1.82) is 5.41 Å². The predicted octanol–water partition coefficient (Wildman–Crippen LogP) is 6.69. The lowest BCUT2D eigenvalue weighted by Gasteiger charge is -2.33. The first-order valence-electron chi connectivity index (χ1n) is 15.1. The third-order valence-electron chi connectivity index (χ3n) is 7.92. The lowest BCUT2D eigenvalue weighted by atomic mass is 10.0. The second-order valence-electron chi connectivity index (χ2n) is 11.5. The highest BCUT2D eigenvalue weighted by atomic mass is 19.4. The Bertz CT molecular complexity index is 1750. The summed E-state index contributed by atoms with van der Waals surface area (Å²) >= 11 is 0. The van der Waals surface area contributed by atoms with E-state index in [2.05, 4.69) is 30.8 Å². The summed E-state index contributed by atoms with van der Waals surface area (Å²) in [4.78, 5) is 26.4. The van der Waals surface area contributed by atoms with Gasteiger partial charge in [0.15, 0.2) is 0 Å². The average molecular weight is 647 g/mol. The molecular formula is C34H37F3N8O2. The van der Waals surface area contributed by atoms with Gasteiger partial charge in [-0.15, -0.1) is 0 Å². The molecule has 0 saturated carbocycles. The third-order valence-corrected chi connectivity index (χ3v) is 7.92. The summed E-state index contributed by atoms with van der Waals surface area (Å²) in [5.41, 5.74) is 2.37. The van der Waals surface area contributed by atoms with Gasteiger partial charge in [0.25, 0.3) is 5.91 Å². The van der Waals surface area contributed by atoms with Crippen LogP contribution in [0.2, 0.25) is 0 Å². The van der Waals surface area contributed by atoms with E-state index in [4.69, 9.17) is 10.1 Å². The van der Waals surface area contributed by atoms with E-state index in [0.29, 0.717) is 24.5 Å².